The van der Waals surface area contributed by atoms with E-state index >= 15 is 0 Å². The van der Waals surface area contributed by atoms with Gasteiger partial charge in [-0.2, -0.15) is 0 Å². The second-order valence-electron chi connectivity index (χ2n) is 4.36. The van der Waals surface area contributed by atoms with Gasteiger partial charge in [-0.05, 0) is 50.7 Å². The van der Waals surface area contributed by atoms with Crippen LogP contribution in [0.4, 0.5) is 0 Å². The Morgan fingerprint density at radius 1 is 1.23 bits per heavy atom. The molecule has 1 aliphatic carbocycles. The molecule has 0 aromatic rings. The molecule has 0 radical (unpaired) electrons. The van der Waals surface area contributed by atoms with Crippen LogP contribution in [0.25, 0.3) is 0 Å². The van der Waals surface area contributed by atoms with E-state index in [1.54, 1.807) is 0 Å². The van der Waals surface area contributed by atoms with E-state index in [9.17, 15) is 0 Å². The second-order valence-corrected chi connectivity index (χ2v) is 4.36. The maximum atomic E-state index is 5.39. The van der Waals surface area contributed by atoms with Crippen molar-refractivity contribution in [1.29, 1.82) is 0 Å². The molecule has 0 aromatic carbocycles. The van der Waals surface area contributed by atoms with Crippen LogP contribution in [0.2, 0.25) is 0 Å². The molecule has 1 fully saturated rings. The lowest BCUT2D eigenvalue weighted by atomic mass is 10.1. The van der Waals surface area contributed by atoms with Crippen LogP contribution < -0.4 is 11.1 Å². The third-order valence-electron chi connectivity index (χ3n) is 3.01. The highest BCUT2D eigenvalue weighted by Crippen LogP contribution is 2.41. The predicted molar refractivity (Wildman–Crippen MR) is 57.7 cm³/mol. The first-order chi connectivity index (χ1) is 6.34. The molecule has 1 saturated carbocycles. The van der Waals surface area contributed by atoms with E-state index in [2.05, 4.69) is 12.2 Å². The molecule has 78 valence electrons. The molecule has 2 atom stereocenters. The highest BCUT2D eigenvalue weighted by atomic mass is 14.8. The van der Waals surface area contributed by atoms with E-state index in [-0.39, 0.29) is 0 Å². The Morgan fingerprint density at radius 3 is 2.54 bits per heavy atom. The summed E-state index contributed by atoms with van der Waals surface area (Å²) in [5, 5.41) is 3.41. The number of nitrogens with one attached hydrogen (secondary N) is 1. The van der Waals surface area contributed by atoms with Gasteiger partial charge in [-0.1, -0.05) is 19.8 Å². The van der Waals surface area contributed by atoms with Crippen LogP contribution in [0.15, 0.2) is 0 Å². The summed E-state index contributed by atoms with van der Waals surface area (Å²) in [4.78, 5) is 0. The van der Waals surface area contributed by atoms with Crippen molar-refractivity contribution in [2.45, 2.75) is 39.0 Å². The zero-order valence-corrected chi connectivity index (χ0v) is 8.89. The molecule has 2 nitrogen and oxygen atoms in total. The Labute approximate surface area is 82.3 Å². The standard InChI is InChI=1S/C11H24N2/c1-10-9-11(10)5-2-3-7-13-8-4-6-12/h10-11,13H,2-9,12H2,1H3. The molecule has 2 unspecified atom stereocenters. The number of hydrogen-bond donors (Lipinski definition) is 2. The van der Waals surface area contributed by atoms with Crippen molar-refractivity contribution < 1.29 is 0 Å². The molecule has 2 heteroatoms. The van der Waals surface area contributed by atoms with Crippen molar-refractivity contribution >= 4 is 0 Å². The molecule has 13 heavy (non-hydrogen) atoms. The maximum absolute atomic E-state index is 5.39. The molecule has 3 N–H and O–H groups in total. The van der Waals surface area contributed by atoms with Gasteiger partial charge in [0, 0.05) is 0 Å². The third kappa shape index (κ3) is 5.27. The van der Waals surface area contributed by atoms with Gasteiger partial charge in [0.25, 0.3) is 0 Å². The van der Waals surface area contributed by atoms with Crippen LogP contribution in [0, 0.1) is 11.8 Å². The summed E-state index contributed by atoms with van der Waals surface area (Å²) in [7, 11) is 0. The molecule has 0 aromatic heterocycles. The van der Waals surface area contributed by atoms with Crippen molar-refractivity contribution in [3.05, 3.63) is 0 Å². The number of nitrogens with two attached hydrogens (primary N) is 1. The zero-order valence-electron chi connectivity index (χ0n) is 8.89. The quantitative estimate of drug-likeness (QED) is 0.564. The van der Waals surface area contributed by atoms with Gasteiger partial charge in [0.15, 0.2) is 0 Å². The summed E-state index contributed by atoms with van der Waals surface area (Å²) in [5.41, 5.74) is 5.39. The van der Waals surface area contributed by atoms with E-state index in [0.717, 1.165) is 31.3 Å². The third-order valence-corrected chi connectivity index (χ3v) is 3.01. The van der Waals surface area contributed by atoms with E-state index in [4.69, 9.17) is 5.73 Å². The molecule has 1 aliphatic rings. The summed E-state index contributed by atoms with van der Waals surface area (Å²) in [6, 6.07) is 0. The summed E-state index contributed by atoms with van der Waals surface area (Å²) >= 11 is 0. The SMILES string of the molecule is CC1CC1CCCCNCCCN. The Bertz CT molecular complexity index is 125. The Morgan fingerprint density at radius 2 is 1.92 bits per heavy atom. The van der Waals surface area contributed by atoms with E-state index in [1.807, 2.05) is 0 Å². The molecule has 0 saturated heterocycles. The first-order valence-corrected chi connectivity index (χ1v) is 5.75. The molecule has 0 spiro atoms. The summed E-state index contributed by atoms with van der Waals surface area (Å²) in [5.74, 6) is 2.11. The lowest BCUT2D eigenvalue weighted by Crippen LogP contribution is -2.19. The molecule has 0 aliphatic heterocycles. The van der Waals surface area contributed by atoms with Crippen LogP contribution in [0.3, 0.4) is 0 Å². The second kappa shape index (κ2) is 6.39. The molecular formula is C11H24N2. The van der Waals surface area contributed by atoms with E-state index in [0.29, 0.717) is 0 Å². The van der Waals surface area contributed by atoms with Crippen LogP contribution in [-0.4, -0.2) is 19.6 Å². The monoisotopic (exact) mass is 184 g/mol. The van der Waals surface area contributed by atoms with Gasteiger partial charge >= 0.3 is 0 Å². The molecule has 0 bridgehead atoms. The molecule has 1 rings (SSSR count). The van der Waals surface area contributed by atoms with Gasteiger partial charge in [0.05, 0.1) is 0 Å². The minimum absolute atomic E-state index is 0.812. The molecule has 0 heterocycles. The van der Waals surface area contributed by atoms with Crippen LogP contribution in [0.5, 0.6) is 0 Å². The average Bonchev–Trinajstić information content (AvgIpc) is 2.81. The fourth-order valence-electron chi connectivity index (χ4n) is 1.81. The fraction of sp³-hybridized carbons (Fsp3) is 1.00. The number of rotatable bonds is 8. The van der Waals surface area contributed by atoms with Gasteiger partial charge in [0.1, 0.15) is 0 Å². The first-order valence-electron chi connectivity index (χ1n) is 5.75. The van der Waals surface area contributed by atoms with Gasteiger partial charge in [-0.25, -0.2) is 0 Å². The lowest BCUT2D eigenvalue weighted by Gasteiger charge is -2.02. The van der Waals surface area contributed by atoms with Gasteiger partial charge < -0.3 is 11.1 Å². The van der Waals surface area contributed by atoms with E-state index < -0.39 is 0 Å². The normalized spacial score (nSPS) is 26.3. The fourth-order valence-corrected chi connectivity index (χ4v) is 1.81. The predicted octanol–water partition coefficient (Wildman–Crippen LogP) is 1.75. The molecule has 0 amide bonds. The van der Waals surface area contributed by atoms with E-state index in [1.165, 1.54) is 32.2 Å². The number of hydrogen-bond acceptors (Lipinski definition) is 2. The van der Waals surface area contributed by atoms with Crippen LogP contribution in [0.1, 0.15) is 39.0 Å². The Kier molecular flexibility index (Phi) is 5.40. The largest absolute Gasteiger partial charge is 0.330 e. The summed E-state index contributed by atoms with van der Waals surface area (Å²) in [6.07, 6.45) is 6.80. The smallest absolute Gasteiger partial charge is 0.00369 e. The average molecular weight is 184 g/mol. The number of unbranched alkanes of at least 4 members (excludes halogenated alkanes) is 1. The topological polar surface area (TPSA) is 38.0 Å². The highest BCUT2D eigenvalue weighted by molar-refractivity contribution is 4.81. The molecular weight excluding hydrogens is 160 g/mol. The minimum Gasteiger partial charge on any atom is -0.330 e. The van der Waals surface area contributed by atoms with Crippen molar-refractivity contribution in [2.75, 3.05) is 19.6 Å². The zero-order chi connectivity index (χ0) is 9.52. The van der Waals surface area contributed by atoms with Gasteiger partial charge in [-0.15, -0.1) is 0 Å². The van der Waals surface area contributed by atoms with Crippen molar-refractivity contribution in [3.8, 4) is 0 Å². The minimum atomic E-state index is 0.812. The van der Waals surface area contributed by atoms with Crippen LogP contribution >= 0.6 is 0 Å². The lowest BCUT2D eigenvalue weighted by molar-refractivity contribution is 0.560. The Hall–Kier alpha value is -0.0800. The first kappa shape index (κ1) is 11.0. The van der Waals surface area contributed by atoms with Crippen molar-refractivity contribution in [3.63, 3.8) is 0 Å². The van der Waals surface area contributed by atoms with Gasteiger partial charge in [-0.3, -0.25) is 0 Å². The highest BCUT2D eigenvalue weighted by Gasteiger charge is 2.31. The van der Waals surface area contributed by atoms with Gasteiger partial charge in [0.2, 0.25) is 0 Å². The summed E-state index contributed by atoms with van der Waals surface area (Å²) < 4.78 is 0. The van der Waals surface area contributed by atoms with Crippen LogP contribution in [-0.2, 0) is 0 Å². The Balaban J connectivity index is 1.69. The summed E-state index contributed by atoms with van der Waals surface area (Å²) in [6.45, 7) is 5.45. The maximum Gasteiger partial charge on any atom is -0.00369 e. The van der Waals surface area contributed by atoms with Crippen molar-refractivity contribution in [1.82, 2.24) is 5.32 Å². The van der Waals surface area contributed by atoms with Crippen molar-refractivity contribution in [2.24, 2.45) is 17.6 Å².